The maximum absolute atomic E-state index is 12.7. The second-order valence-electron chi connectivity index (χ2n) is 6.23. The summed E-state index contributed by atoms with van der Waals surface area (Å²) in [7, 11) is 0. The molecule has 1 aliphatic rings. The van der Waals surface area contributed by atoms with E-state index in [1.54, 1.807) is 6.07 Å². The molecule has 0 saturated heterocycles. The number of nitrogens with zero attached hydrogens (tertiary/aromatic N) is 1. The predicted octanol–water partition coefficient (Wildman–Crippen LogP) is 3.53. The van der Waals surface area contributed by atoms with Crippen LogP contribution in [0.15, 0.2) is 29.3 Å². The van der Waals surface area contributed by atoms with Crippen molar-refractivity contribution in [2.24, 2.45) is 4.99 Å². The van der Waals surface area contributed by atoms with Gasteiger partial charge < -0.3 is 15.7 Å². The zero-order valence-corrected chi connectivity index (χ0v) is 17.5. The molecule has 1 fully saturated rings. The average Bonchev–Trinajstić information content (AvgIpc) is 2.60. The molecule has 2 rings (SSSR count). The zero-order chi connectivity index (χ0) is 19.0. The zero-order valence-electron chi connectivity index (χ0n) is 15.1. The molecule has 0 bridgehead atoms. The van der Waals surface area contributed by atoms with Crippen LogP contribution in [0.25, 0.3) is 0 Å². The second kappa shape index (κ2) is 11.4. The molecular formula is C19H25F3IN3O. The number of aliphatic imine (C=N–C) groups is 1. The average molecular weight is 495 g/mol. The van der Waals surface area contributed by atoms with Gasteiger partial charge in [-0.3, -0.25) is 0 Å². The largest absolute Gasteiger partial charge is 0.416 e. The summed E-state index contributed by atoms with van der Waals surface area (Å²) in [5, 5.41) is 16.0. The molecule has 0 amide bonds. The van der Waals surface area contributed by atoms with E-state index in [2.05, 4.69) is 27.5 Å². The third-order valence-corrected chi connectivity index (χ3v) is 4.12. The van der Waals surface area contributed by atoms with Crippen LogP contribution in [0, 0.1) is 11.8 Å². The molecule has 1 saturated carbocycles. The molecule has 0 aromatic heterocycles. The van der Waals surface area contributed by atoms with Crippen LogP contribution in [-0.2, 0) is 6.18 Å². The van der Waals surface area contributed by atoms with Gasteiger partial charge in [-0.25, -0.2) is 4.99 Å². The second-order valence-corrected chi connectivity index (χ2v) is 6.23. The first-order valence-electron chi connectivity index (χ1n) is 8.77. The Bertz CT molecular complexity index is 675. The summed E-state index contributed by atoms with van der Waals surface area (Å²) in [6.07, 6.45) is -1.29. The van der Waals surface area contributed by atoms with Crippen molar-refractivity contribution in [3.63, 3.8) is 0 Å². The Kier molecular flexibility index (Phi) is 9.94. The minimum absolute atomic E-state index is 0. The normalized spacial score (nSPS) is 20.1. The molecule has 4 nitrogen and oxygen atoms in total. The third kappa shape index (κ3) is 8.39. The Morgan fingerprint density at radius 3 is 2.59 bits per heavy atom. The number of aliphatic hydroxyl groups excluding tert-OH is 1. The number of rotatable bonds is 3. The number of hydrogen-bond acceptors (Lipinski definition) is 2. The molecule has 27 heavy (non-hydrogen) atoms. The monoisotopic (exact) mass is 495 g/mol. The highest BCUT2D eigenvalue weighted by Gasteiger charge is 2.30. The van der Waals surface area contributed by atoms with E-state index in [0.717, 1.165) is 37.8 Å². The highest BCUT2D eigenvalue weighted by atomic mass is 127. The molecule has 1 aromatic rings. The first kappa shape index (κ1) is 23.6. The predicted molar refractivity (Wildman–Crippen MR) is 111 cm³/mol. The van der Waals surface area contributed by atoms with E-state index >= 15 is 0 Å². The topological polar surface area (TPSA) is 56.7 Å². The summed E-state index contributed by atoms with van der Waals surface area (Å²) in [6.45, 7) is 2.83. The number of aliphatic hydroxyl groups is 1. The number of nitrogens with one attached hydrogen (secondary N) is 2. The van der Waals surface area contributed by atoms with E-state index in [9.17, 15) is 18.3 Å². The van der Waals surface area contributed by atoms with E-state index in [4.69, 9.17) is 0 Å². The first-order chi connectivity index (χ1) is 12.4. The van der Waals surface area contributed by atoms with Crippen LogP contribution in [0.5, 0.6) is 0 Å². The van der Waals surface area contributed by atoms with Crippen molar-refractivity contribution < 1.29 is 18.3 Å². The number of guanidine groups is 1. The molecule has 1 aliphatic carbocycles. The smallest absolute Gasteiger partial charge is 0.393 e. The van der Waals surface area contributed by atoms with Gasteiger partial charge in [0.25, 0.3) is 0 Å². The Morgan fingerprint density at radius 1 is 1.26 bits per heavy atom. The fraction of sp³-hybridized carbons (Fsp3) is 0.526. The Balaban J connectivity index is 0.00000364. The molecule has 0 unspecified atom stereocenters. The standard InChI is InChI=1S/C19H24F3N3O.HI/c1-2-23-18(25-16-8-10-17(26)11-9-16)24-12-4-6-14-5-3-7-15(13-14)19(20,21)22;/h3,5,7,13,16-17,26H,2,8-12H2,1H3,(H2,23,24,25);1H. The molecule has 0 radical (unpaired) electrons. The molecule has 1 aromatic carbocycles. The van der Waals surface area contributed by atoms with Gasteiger partial charge in [-0.05, 0) is 50.8 Å². The van der Waals surface area contributed by atoms with Gasteiger partial charge in [0, 0.05) is 18.2 Å². The summed E-state index contributed by atoms with van der Waals surface area (Å²) < 4.78 is 38.1. The van der Waals surface area contributed by atoms with Crippen molar-refractivity contribution in [1.82, 2.24) is 10.6 Å². The number of alkyl halides is 3. The minimum Gasteiger partial charge on any atom is -0.393 e. The van der Waals surface area contributed by atoms with Crippen molar-refractivity contribution in [2.75, 3.05) is 13.1 Å². The van der Waals surface area contributed by atoms with Crippen LogP contribution in [0.4, 0.5) is 13.2 Å². The van der Waals surface area contributed by atoms with Gasteiger partial charge in [-0.2, -0.15) is 13.2 Å². The summed E-state index contributed by atoms with van der Waals surface area (Å²) in [5.41, 5.74) is -0.392. The molecule has 150 valence electrons. The van der Waals surface area contributed by atoms with Crippen LogP contribution < -0.4 is 10.6 Å². The molecule has 3 N–H and O–H groups in total. The summed E-state index contributed by atoms with van der Waals surface area (Å²) in [6, 6.07) is 5.21. The van der Waals surface area contributed by atoms with E-state index in [1.807, 2.05) is 6.92 Å². The van der Waals surface area contributed by atoms with Gasteiger partial charge in [0.15, 0.2) is 5.96 Å². The fourth-order valence-electron chi connectivity index (χ4n) is 2.77. The van der Waals surface area contributed by atoms with Crippen LogP contribution in [0.2, 0.25) is 0 Å². The van der Waals surface area contributed by atoms with Crippen molar-refractivity contribution >= 4 is 29.9 Å². The van der Waals surface area contributed by atoms with Crippen LogP contribution in [-0.4, -0.2) is 36.3 Å². The number of hydrogen-bond donors (Lipinski definition) is 3. The van der Waals surface area contributed by atoms with Gasteiger partial charge in [0.2, 0.25) is 0 Å². The van der Waals surface area contributed by atoms with E-state index in [0.29, 0.717) is 18.1 Å². The first-order valence-corrected chi connectivity index (χ1v) is 8.77. The van der Waals surface area contributed by atoms with E-state index < -0.39 is 11.7 Å². The Morgan fingerprint density at radius 2 is 1.96 bits per heavy atom. The lowest BCUT2D eigenvalue weighted by Gasteiger charge is -2.27. The van der Waals surface area contributed by atoms with E-state index in [-0.39, 0.29) is 42.7 Å². The highest BCUT2D eigenvalue weighted by Crippen LogP contribution is 2.29. The quantitative estimate of drug-likeness (QED) is 0.260. The van der Waals surface area contributed by atoms with Gasteiger partial charge >= 0.3 is 6.18 Å². The van der Waals surface area contributed by atoms with Crippen LogP contribution in [0.3, 0.4) is 0 Å². The Labute approximate surface area is 175 Å². The molecule has 8 heteroatoms. The molecule has 0 aliphatic heterocycles. The Hall–Kier alpha value is -1.47. The lowest BCUT2D eigenvalue weighted by atomic mass is 9.93. The maximum Gasteiger partial charge on any atom is 0.416 e. The van der Waals surface area contributed by atoms with Gasteiger partial charge in [-0.15, -0.1) is 24.0 Å². The lowest BCUT2D eigenvalue weighted by Crippen LogP contribution is -2.45. The molecule has 0 atom stereocenters. The number of halogens is 4. The van der Waals surface area contributed by atoms with E-state index in [1.165, 1.54) is 6.07 Å². The van der Waals surface area contributed by atoms with Crippen molar-refractivity contribution in [3.8, 4) is 11.8 Å². The van der Waals surface area contributed by atoms with Gasteiger partial charge in [0.1, 0.15) is 6.54 Å². The summed E-state index contributed by atoms with van der Waals surface area (Å²) in [5.74, 6) is 6.14. The van der Waals surface area contributed by atoms with Gasteiger partial charge in [-0.1, -0.05) is 17.9 Å². The fourth-order valence-corrected chi connectivity index (χ4v) is 2.77. The molecular weight excluding hydrogens is 470 g/mol. The molecule has 0 spiro atoms. The van der Waals surface area contributed by atoms with Crippen molar-refractivity contribution in [1.29, 1.82) is 0 Å². The van der Waals surface area contributed by atoms with Gasteiger partial charge in [0.05, 0.1) is 11.7 Å². The number of benzene rings is 1. The summed E-state index contributed by atoms with van der Waals surface area (Å²) in [4.78, 5) is 4.35. The molecule has 0 heterocycles. The third-order valence-electron chi connectivity index (χ3n) is 4.12. The van der Waals surface area contributed by atoms with Crippen LogP contribution in [0.1, 0.15) is 43.7 Å². The summed E-state index contributed by atoms with van der Waals surface area (Å²) >= 11 is 0. The SMILES string of the molecule is CCNC(=NCC#Cc1cccc(C(F)(F)F)c1)NC1CCC(O)CC1.I. The van der Waals surface area contributed by atoms with Crippen LogP contribution >= 0.6 is 24.0 Å². The lowest BCUT2D eigenvalue weighted by molar-refractivity contribution is -0.137. The highest BCUT2D eigenvalue weighted by molar-refractivity contribution is 14.0. The minimum atomic E-state index is -4.37. The maximum atomic E-state index is 12.7. The van der Waals surface area contributed by atoms with Crippen molar-refractivity contribution in [2.45, 2.75) is 50.9 Å². The van der Waals surface area contributed by atoms with Crippen molar-refractivity contribution in [3.05, 3.63) is 35.4 Å².